The summed E-state index contributed by atoms with van der Waals surface area (Å²) in [6.07, 6.45) is 6.02. The van der Waals surface area contributed by atoms with Crippen molar-refractivity contribution in [3.63, 3.8) is 0 Å². The van der Waals surface area contributed by atoms with E-state index in [2.05, 4.69) is 6.92 Å². The average Bonchev–Trinajstić information content (AvgIpc) is 2.96. The quantitative estimate of drug-likeness (QED) is 0.600. The third-order valence-electron chi connectivity index (χ3n) is 4.41. The molecule has 19 heavy (non-hydrogen) atoms. The number of benzene rings is 1. The van der Waals surface area contributed by atoms with Gasteiger partial charge in [-0.15, -0.1) is 0 Å². The van der Waals surface area contributed by atoms with Crippen molar-refractivity contribution < 1.29 is 9.59 Å². The lowest BCUT2D eigenvalue weighted by Gasteiger charge is -2.26. The number of carbonyl (C=O) groups is 2. The number of Topliss-reactive ketones (excluding diaryl/α,β-unsaturated/α-hetero) is 1. The lowest BCUT2D eigenvalue weighted by atomic mass is 9.76. The minimum atomic E-state index is -0.141. The van der Waals surface area contributed by atoms with E-state index in [0.717, 1.165) is 49.8 Å². The van der Waals surface area contributed by atoms with E-state index < -0.39 is 0 Å². The molecule has 0 heterocycles. The molecule has 1 saturated carbocycles. The Hall–Kier alpha value is -1.64. The van der Waals surface area contributed by atoms with Gasteiger partial charge in [0.2, 0.25) is 6.41 Å². The molecule has 1 fully saturated rings. The first-order chi connectivity index (χ1) is 9.13. The van der Waals surface area contributed by atoms with Crippen LogP contribution in [0.1, 0.15) is 49.4 Å². The van der Waals surface area contributed by atoms with Crippen LogP contribution in [0.4, 0.5) is 5.69 Å². The van der Waals surface area contributed by atoms with Crippen molar-refractivity contribution in [2.45, 2.75) is 39.0 Å². The topological polar surface area (TPSA) is 37.4 Å². The zero-order chi connectivity index (χ0) is 13.9. The zero-order valence-electron chi connectivity index (χ0n) is 11.7. The molecule has 0 aromatic heterocycles. The highest BCUT2D eigenvalue weighted by Crippen LogP contribution is 2.43. The van der Waals surface area contributed by atoms with Crippen LogP contribution in [0.25, 0.3) is 0 Å². The number of hydrogen-bond donors (Lipinski definition) is 0. The first kappa shape index (κ1) is 13.8. The molecule has 102 valence electrons. The van der Waals surface area contributed by atoms with Crippen LogP contribution in [0, 0.1) is 5.41 Å². The van der Waals surface area contributed by atoms with Gasteiger partial charge in [0.05, 0.1) is 0 Å². The maximum atomic E-state index is 12.7. The van der Waals surface area contributed by atoms with E-state index in [1.54, 1.807) is 7.05 Å². The summed E-state index contributed by atoms with van der Waals surface area (Å²) in [5.74, 6) is 0.271. The van der Waals surface area contributed by atoms with E-state index in [1.807, 2.05) is 24.3 Å². The van der Waals surface area contributed by atoms with Crippen LogP contribution in [0.2, 0.25) is 0 Å². The second-order valence-electron chi connectivity index (χ2n) is 5.43. The van der Waals surface area contributed by atoms with Crippen molar-refractivity contribution in [1.82, 2.24) is 0 Å². The van der Waals surface area contributed by atoms with Crippen molar-refractivity contribution in [2.24, 2.45) is 5.41 Å². The van der Waals surface area contributed by atoms with Crippen LogP contribution >= 0.6 is 0 Å². The zero-order valence-corrected chi connectivity index (χ0v) is 11.7. The predicted molar refractivity (Wildman–Crippen MR) is 76.4 cm³/mol. The van der Waals surface area contributed by atoms with E-state index in [1.165, 1.54) is 4.90 Å². The van der Waals surface area contributed by atoms with E-state index in [0.29, 0.717) is 0 Å². The standard InChI is InChI=1S/C16H21NO2/c1-3-16(10-4-5-11-16)15(19)13-6-8-14(9-7-13)17(2)12-18/h6-9,12H,3-5,10-11H2,1-2H3. The van der Waals surface area contributed by atoms with Crippen LogP contribution < -0.4 is 4.90 Å². The van der Waals surface area contributed by atoms with E-state index in [4.69, 9.17) is 0 Å². The molecule has 1 aromatic carbocycles. The second-order valence-corrected chi connectivity index (χ2v) is 5.43. The van der Waals surface area contributed by atoms with Crippen LogP contribution in [-0.2, 0) is 4.79 Å². The molecule has 0 saturated heterocycles. The van der Waals surface area contributed by atoms with Crippen molar-refractivity contribution >= 4 is 17.9 Å². The molecule has 0 unspecified atom stereocenters. The molecule has 3 heteroatoms. The van der Waals surface area contributed by atoms with Crippen molar-refractivity contribution in [1.29, 1.82) is 0 Å². The Bertz CT molecular complexity index is 458. The van der Waals surface area contributed by atoms with E-state index >= 15 is 0 Å². The average molecular weight is 259 g/mol. The lowest BCUT2D eigenvalue weighted by Crippen LogP contribution is -2.27. The molecule has 0 N–H and O–H groups in total. The monoisotopic (exact) mass is 259 g/mol. The molecule has 1 amide bonds. The molecule has 0 radical (unpaired) electrons. The fraction of sp³-hybridized carbons (Fsp3) is 0.500. The van der Waals surface area contributed by atoms with Gasteiger partial charge in [0.1, 0.15) is 0 Å². The van der Waals surface area contributed by atoms with Gasteiger partial charge in [0, 0.05) is 23.7 Å². The van der Waals surface area contributed by atoms with Gasteiger partial charge in [-0.05, 0) is 43.5 Å². The summed E-state index contributed by atoms with van der Waals surface area (Å²) in [4.78, 5) is 24.9. The van der Waals surface area contributed by atoms with Gasteiger partial charge in [0.15, 0.2) is 5.78 Å². The highest BCUT2D eigenvalue weighted by Gasteiger charge is 2.39. The fourth-order valence-electron chi connectivity index (χ4n) is 3.01. The number of carbonyl (C=O) groups excluding carboxylic acids is 2. The highest BCUT2D eigenvalue weighted by molar-refractivity contribution is 6.01. The summed E-state index contributed by atoms with van der Waals surface area (Å²) < 4.78 is 0. The minimum absolute atomic E-state index is 0.141. The molecule has 1 aliphatic rings. The number of hydrogen-bond acceptors (Lipinski definition) is 2. The van der Waals surface area contributed by atoms with Gasteiger partial charge in [-0.3, -0.25) is 9.59 Å². The van der Waals surface area contributed by atoms with Gasteiger partial charge in [-0.2, -0.15) is 0 Å². The molecular weight excluding hydrogens is 238 g/mol. The molecular formula is C16H21NO2. The summed E-state index contributed by atoms with van der Waals surface area (Å²) in [5, 5.41) is 0. The number of rotatable bonds is 5. The maximum Gasteiger partial charge on any atom is 0.213 e. The molecule has 0 spiro atoms. The molecule has 0 atom stereocenters. The Kier molecular flexibility index (Phi) is 4.03. The van der Waals surface area contributed by atoms with Gasteiger partial charge in [-0.25, -0.2) is 0 Å². The Labute approximate surface area is 114 Å². The van der Waals surface area contributed by atoms with Crippen LogP contribution in [0.5, 0.6) is 0 Å². The number of anilines is 1. The molecule has 1 aliphatic carbocycles. The van der Waals surface area contributed by atoms with Crippen LogP contribution in [0.3, 0.4) is 0 Å². The predicted octanol–water partition coefficient (Wildman–Crippen LogP) is 3.43. The first-order valence-corrected chi connectivity index (χ1v) is 6.96. The number of nitrogens with zero attached hydrogens (tertiary/aromatic N) is 1. The summed E-state index contributed by atoms with van der Waals surface area (Å²) >= 11 is 0. The summed E-state index contributed by atoms with van der Waals surface area (Å²) in [6.45, 7) is 2.11. The lowest BCUT2D eigenvalue weighted by molar-refractivity contribution is -0.107. The maximum absolute atomic E-state index is 12.7. The van der Waals surface area contributed by atoms with E-state index in [-0.39, 0.29) is 11.2 Å². The first-order valence-electron chi connectivity index (χ1n) is 6.96. The van der Waals surface area contributed by atoms with Crippen molar-refractivity contribution in [2.75, 3.05) is 11.9 Å². The minimum Gasteiger partial charge on any atom is -0.318 e. The molecule has 0 aliphatic heterocycles. The Morgan fingerprint density at radius 3 is 2.32 bits per heavy atom. The van der Waals surface area contributed by atoms with Gasteiger partial charge in [0.25, 0.3) is 0 Å². The third kappa shape index (κ3) is 2.55. The summed E-state index contributed by atoms with van der Waals surface area (Å²) in [7, 11) is 1.70. The van der Waals surface area contributed by atoms with Crippen molar-refractivity contribution in [3.05, 3.63) is 29.8 Å². The van der Waals surface area contributed by atoms with Crippen molar-refractivity contribution in [3.8, 4) is 0 Å². The summed E-state index contributed by atoms with van der Waals surface area (Å²) in [5.41, 5.74) is 1.44. The smallest absolute Gasteiger partial charge is 0.213 e. The Morgan fingerprint density at radius 2 is 1.84 bits per heavy atom. The number of amides is 1. The van der Waals surface area contributed by atoms with Crippen LogP contribution in [0.15, 0.2) is 24.3 Å². The molecule has 0 bridgehead atoms. The Balaban J connectivity index is 2.22. The summed E-state index contributed by atoms with van der Waals surface area (Å²) in [6, 6.07) is 7.35. The number of ketones is 1. The largest absolute Gasteiger partial charge is 0.318 e. The van der Waals surface area contributed by atoms with Gasteiger partial charge < -0.3 is 4.90 Å². The van der Waals surface area contributed by atoms with E-state index in [9.17, 15) is 9.59 Å². The highest BCUT2D eigenvalue weighted by atomic mass is 16.1. The Morgan fingerprint density at radius 1 is 1.26 bits per heavy atom. The van der Waals surface area contributed by atoms with Gasteiger partial charge >= 0.3 is 0 Å². The normalized spacial score (nSPS) is 17.2. The molecule has 1 aromatic rings. The molecule has 3 nitrogen and oxygen atoms in total. The third-order valence-corrected chi connectivity index (χ3v) is 4.41. The van der Waals surface area contributed by atoms with Gasteiger partial charge in [-0.1, -0.05) is 19.8 Å². The molecule has 2 rings (SSSR count). The SMILES string of the molecule is CCC1(C(=O)c2ccc(N(C)C=O)cc2)CCCC1. The van der Waals surface area contributed by atoms with Crippen LogP contribution in [-0.4, -0.2) is 19.2 Å². The second kappa shape index (κ2) is 5.55. The fourth-order valence-corrected chi connectivity index (χ4v) is 3.01.